The van der Waals surface area contributed by atoms with Crippen molar-refractivity contribution >= 4 is 29.9 Å². The number of hydrogen-bond acceptors (Lipinski definition) is 3. The Morgan fingerprint density at radius 1 is 0.917 bits per heavy atom. The molecular weight excluding hydrogens is 409 g/mol. The smallest absolute Gasteiger partial charge is 0.194 e. The van der Waals surface area contributed by atoms with E-state index in [2.05, 4.69) is 75.9 Å². The van der Waals surface area contributed by atoms with E-state index in [4.69, 9.17) is 0 Å². The molecule has 3 rings (SSSR count). The van der Waals surface area contributed by atoms with Crippen molar-refractivity contribution in [1.29, 1.82) is 0 Å². The van der Waals surface area contributed by atoms with Crippen LogP contribution in [-0.4, -0.2) is 30.5 Å². The lowest BCUT2D eigenvalue weighted by Gasteiger charge is -2.30. The third-order valence-electron chi connectivity index (χ3n) is 4.18. The Balaban J connectivity index is 0.00000208. The number of halogens is 1. The molecule has 128 valence electrons. The van der Waals surface area contributed by atoms with E-state index in [1.807, 2.05) is 0 Å². The van der Waals surface area contributed by atoms with Crippen molar-refractivity contribution in [1.82, 2.24) is 10.2 Å². The number of benzene rings is 2. The monoisotopic (exact) mass is 435 g/mol. The number of hydrogen-bond donors (Lipinski definition) is 1. The molecule has 0 unspecified atom stereocenters. The number of aliphatic imine (C=N–C) groups is 1. The maximum Gasteiger partial charge on any atom is 0.194 e. The number of rotatable bonds is 6. The van der Waals surface area contributed by atoms with E-state index in [0.717, 1.165) is 51.4 Å². The summed E-state index contributed by atoms with van der Waals surface area (Å²) >= 11 is 0. The van der Waals surface area contributed by atoms with Gasteiger partial charge in [-0.05, 0) is 30.4 Å². The second kappa shape index (κ2) is 10.3. The topological polar surface area (TPSA) is 27.6 Å². The van der Waals surface area contributed by atoms with Crippen LogP contribution < -0.4 is 5.32 Å². The Morgan fingerprint density at radius 2 is 1.58 bits per heavy atom. The van der Waals surface area contributed by atoms with Gasteiger partial charge in [0.2, 0.25) is 0 Å². The minimum atomic E-state index is 0. The van der Waals surface area contributed by atoms with Gasteiger partial charge in [-0.15, -0.1) is 24.0 Å². The predicted octanol–water partition coefficient (Wildman–Crippen LogP) is 4.09. The molecule has 0 fully saturated rings. The molecule has 0 spiro atoms. The highest BCUT2D eigenvalue weighted by Crippen LogP contribution is 2.07. The highest BCUT2D eigenvalue weighted by molar-refractivity contribution is 14.0. The van der Waals surface area contributed by atoms with Crippen LogP contribution in [0.2, 0.25) is 0 Å². The average Bonchev–Trinajstić information content (AvgIpc) is 2.63. The molecule has 2 aromatic carbocycles. The summed E-state index contributed by atoms with van der Waals surface area (Å²) < 4.78 is 0. The van der Waals surface area contributed by atoms with Crippen molar-refractivity contribution in [2.75, 3.05) is 19.6 Å². The second-order valence-electron chi connectivity index (χ2n) is 5.97. The van der Waals surface area contributed by atoms with Gasteiger partial charge in [-0.3, -0.25) is 4.99 Å². The van der Waals surface area contributed by atoms with E-state index in [1.165, 1.54) is 11.1 Å². The van der Waals surface area contributed by atoms with Crippen molar-refractivity contribution in [3.63, 3.8) is 0 Å². The first kappa shape index (κ1) is 18.8. The van der Waals surface area contributed by atoms with Crippen LogP contribution in [0.5, 0.6) is 0 Å². The number of aryl methyl sites for hydroxylation is 1. The fraction of sp³-hybridized carbons (Fsp3) is 0.350. The van der Waals surface area contributed by atoms with Crippen LogP contribution in [0.25, 0.3) is 0 Å². The molecule has 1 aliphatic rings. The molecule has 3 nitrogen and oxygen atoms in total. The molecule has 4 heteroatoms. The lowest BCUT2D eigenvalue weighted by molar-refractivity contribution is 0.372. The van der Waals surface area contributed by atoms with Crippen molar-refractivity contribution < 1.29 is 0 Å². The molecule has 0 radical (unpaired) electrons. The zero-order valence-corrected chi connectivity index (χ0v) is 16.4. The Hall–Kier alpha value is -1.56. The van der Waals surface area contributed by atoms with Crippen LogP contribution in [0, 0.1) is 0 Å². The summed E-state index contributed by atoms with van der Waals surface area (Å²) in [6, 6.07) is 21.2. The van der Waals surface area contributed by atoms with Gasteiger partial charge in [0.1, 0.15) is 0 Å². The van der Waals surface area contributed by atoms with Crippen LogP contribution >= 0.6 is 24.0 Å². The Kier molecular flexibility index (Phi) is 8.08. The lowest BCUT2D eigenvalue weighted by atomic mass is 10.1. The van der Waals surface area contributed by atoms with Crippen molar-refractivity contribution in [2.45, 2.75) is 25.8 Å². The van der Waals surface area contributed by atoms with Gasteiger partial charge in [0.25, 0.3) is 0 Å². The van der Waals surface area contributed by atoms with Gasteiger partial charge < -0.3 is 10.2 Å². The fourth-order valence-electron chi connectivity index (χ4n) is 2.93. The summed E-state index contributed by atoms with van der Waals surface area (Å²) in [5.74, 6) is 1.06. The zero-order chi connectivity index (χ0) is 15.7. The number of nitrogens with zero attached hydrogens (tertiary/aromatic N) is 2. The normalized spacial score (nSPS) is 13.8. The van der Waals surface area contributed by atoms with E-state index in [0.29, 0.717) is 0 Å². The van der Waals surface area contributed by atoms with E-state index in [9.17, 15) is 0 Å². The zero-order valence-electron chi connectivity index (χ0n) is 14.0. The van der Waals surface area contributed by atoms with E-state index >= 15 is 0 Å². The first-order valence-corrected chi connectivity index (χ1v) is 8.53. The van der Waals surface area contributed by atoms with Crippen LogP contribution in [0.15, 0.2) is 65.7 Å². The summed E-state index contributed by atoms with van der Waals surface area (Å²) in [6.07, 6.45) is 3.45. The van der Waals surface area contributed by atoms with E-state index < -0.39 is 0 Å². The maximum atomic E-state index is 4.68. The largest absolute Gasteiger partial charge is 0.352 e. The molecule has 2 aromatic rings. The van der Waals surface area contributed by atoms with Gasteiger partial charge in [0.05, 0.1) is 0 Å². The third-order valence-corrected chi connectivity index (χ3v) is 4.18. The Labute approximate surface area is 162 Å². The van der Waals surface area contributed by atoms with Crippen LogP contribution in [0.4, 0.5) is 0 Å². The number of guanidine groups is 1. The van der Waals surface area contributed by atoms with Crippen LogP contribution in [0.3, 0.4) is 0 Å². The highest BCUT2D eigenvalue weighted by atomic mass is 127. The van der Waals surface area contributed by atoms with Gasteiger partial charge in [-0.2, -0.15) is 0 Å². The predicted molar refractivity (Wildman–Crippen MR) is 112 cm³/mol. The molecule has 0 atom stereocenters. The molecule has 1 N–H and O–H groups in total. The van der Waals surface area contributed by atoms with Crippen molar-refractivity contribution in [3.05, 3.63) is 71.8 Å². The third kappa shape index (κ3) is 5.82. The average molecular weight is 435 g/mol. The number of nitrogens with one attached hydrogen (secondary N) is 1. The molecule has 0 aliphatic carbocycles. The summed E-state index contributed by atoms with van der Waals surface area (Å²) in [5, 5.41) is 3.51. The summed E-state index contributed by atoms with van der Waals surface area (Å²) in [7, 11) is 0. The second-order valence-corrected chi connectivity index (χ2v) is 5.97. The molecule has 0 amide bonds. The van der Waals surface area contributed by atoms with Crippen LogP contribution in [-0.2, 0) is 13.0 Å². The van der Waals surface area contributed by atoms with Crippen molar-refractivity contribution in [3.8, 4) is 0 Å². The molecular formula is C20H26IN3. The van der Waals surface area contributed by atoms with Gasteiger partial charge >= 0.3 is 0 Å². The van der Waals surface area contributed by atoms with E-state index in [1.54, 1.807) is 0 Å². The van der Waals surface area contributed by atoms with Gasteiger partial charge in [-0.25, -0.2) is 0 Å². The molecule has 24 heavy (non-hydrogen) atoms. The molecule has 1 heterocycles. The van der Waals surface area contributed by atoms with E-state index in [-0.39, 0.29) is 24.0 Å². The first-order chi connectivity index (χ1) is 11.4. The minimum absolute atomic E-state index is 0. The molecule has 0 saturated heterocycles. The van der Waals surface area contributed by atoms with Crippen molar-refractivity contribution in [2.24, 2.45) is 4.99 Å². The standard InChI is InChI=1S/C20H25N3.HI/c1-3-9-18(10-4-1)13-7-15-23-16-8-14-21-20(23)22-17-19-11-5-2-6-12-19;/h1-6,9-12H,7-8,13-17H2,(H,21,22);1H. The van der Waals surface area contributed by atoms with Crippen LogP contribution in [0.1, 0.15) is 24.0 Å². The minimum Gasteiger partial charge on any atom is -0.352 e. The fourth-order valence-corrected chi connectivity index (χ4v) is 2.93. The Bertz CT molecular complexity index is 613. The van der Waals surface area contributed by atoms with Gasteiger partial charge in [-0.1, -0.05) is 60.7 Å². The van der Waals surface area contributed by atoms with Gasteiger partial charge in [0.15, 0.2) is 5.96 Å². The molecule has 1 aliphatic heterocycles. The summed E-state index contributed by atoms with van der Waals surface area (Å²) in [5.41, 5.74) is 2.71. The molecule has 0 bridgehead atoms. The van der Waals surface area contributed by atoms with Gasteiger partial charge in [0, 0.05) is 26.2 Å². The lowest BCUT2D eigenvalue weighted by Crippen LogP contribution is -2.44. The summed E-state index contributed by atoms with van der Waals surface area (Å²) in [4.78, 5) is 7.08. The highest BCUT2D eigenvalue weighted by Gasteiger charge is 2.14. The SMILES string of the molecule is I.c1ccc(CCCN2CCCN=C2NCc2ccccc2)cc1. The molecule has 0 saturated carbocycles. The summed E-state index contributed by atoms with van der Waals surface area (Å²) in [6.45, 7) is 3.95. The Morgan fingerprint density at radius 3 is 2.29 bits per heavy atom. The maximum absolute atomic E-state index is 4.68. The first-order valence-electron chi connectivity index (χ1n) is 8.53. The molecule has 0 aromatic heterocycles. The quantitative estimate of drug-likeness (QED) is 0.693.